The van der Waals surface area contributed by atoms with E-state index >= 15 is 0 Å². The van der Waals surface area contributed by atoms with Gasteiger partial charge in [-0.25, -0.2) is 4.98 Å². The predicted octanol–water partition coefficient (Wildman–Crippen LogP) is 3.96. The number of rotatable bonds is 5. The molecular formula is C22H26N4OS. The van der Waals surface area contributed by atoms with Gasteiger partial charge in [0.2, 0.25) is 0 Å². The van der Waals surface area contributed by atoms with Gasteiger partial charge in [0.05, 0.1) is 17.4 Å². The summed E-state index contributed by atoms with van der Waals surface area (Å²) < 4.78 is 0. The Kier molecular flexibility index (Phi) is 5.33. The number of carbonyl (C=O) groups is 1. The molecule has 3 heterocycles. The molecule has 1 aliphatic rings. The number of likely N-dealkylation sites (tertiary alicyclic amines) is 1. The number of amides is 1. The highest BCUT2D eigenvalue weighted by atomic mass is 32.1. The fourth-order valence-corrected chi connectivity index (χ4v) is 5.03. The lowest BCUT2D eigenvalue weighted by Crippen LogP contribution is -2.26. The van der Waals surface area contributed by atoms with Crippen LogP contribution in [0.25, 0.3) is 10.2 Å². The lowest BCUT2D eigenvalue weighted by Gasteiger charge is -2.24. The van der Waals surface area contributed by atoms with Gasteiger partial charge in [0.15, 0.2) is 0 Å². The van der Waals surface area contributed by atoms with E-state index < -0.39 is 0 Å². The number of nitrogen functional groups attached to an aromatic ring is 1. The van der Waals surface area contributed by atoms with Crippen molar-refractivity contribution in [3.8, 4) is 0 Å². The topological polar surface area (TPSA) is 62.5 Å². The van der Waals surface area contributed by atoms with Crippen LogP contribution in [0.3, 0.4) is 0 Å². The SMILES string of the molecule is CN(C)C(=O)c1sc2nc([C@@H]3CCCN3CCc3ccccc3)ccc2c1N. The molecule has 28 heavy (non-hydrogen) atoms. The minimum atomic E-state index is -0.0626. The first kappa shape index (κ1) is 18.9. The molecule has 146 valence electrons. The number of benzene rings is 1. The van der Waals surface area contributed by atoms with Crippen molar-refractivity contribution in [1.82, 2.24) is 14.8 Å². The van der Waals surface area contributed by atoms with Gasteiger partial charge >= 0.3 is 0 Å². The lowest BCUT2D eigenvalue weighted by molar-refractivity contribution is 0.0833. The standard InChI is InChI=1S/C22H26N4OS/c1-25(2)22(27)20-19(23)16-10-11-17(24-21(16)28-20)18-9-6-13-26(18)14-12-15-7-4-3-5-8-15/h3-5,7-8,10-11,18H,6,9,12-14,23H2,1-2H3/t18-/m0/s1. The van der Waals surface area contributed by atoms with Crippen molar-refractivity contribution < 1.29 is 4.79 Å². The van der Waals surface area contributed by atoms with E-state index in [1.54, 1.807) is 19.0 Å². The summed E-state index contributed by atoms with van der Waals surface area (Å²) in [7, 11) is 3.49. The van der Waals surface area contributed by atoms with E-state index in [1.165, 1.54) is 23.3 Å². The first-order chi connectivity index (χ1) is 13.5. The minimum absolute atomic E-state index is 0.0626. The Labute approximate surface area is 169 Å². The zero-order chi connectivity index (χ0) is 19.7. The van der Waals surface area contributed by atoms with Crippen molar-refractivity contribution in [2.24, 2.45) is 0 Å². The van der Waals surface area contributed by atoms with Gasteiger partial charge in [-0.2, -0.15) is 0 Å². The smallest absolute Gasteiger partial charge is 0.265 e. The van der Waals surface area contributed by atoms with Gasteiger partial charge in [-0.3, -0.25) is 9.69 Å². The molecule has 0 aliphatic carbocycles. The Morgan fingerprint density at radius 1 is 1.25 bits per heavy atom. The Bertz CT molecular complexity index is 983. The van der Waals surface area contributed by atoms with E-state index in [4.69, 9.17) is 10.7 Å². The van der Waals surface area contributed by atoms with Crippen LogP contribution in [0.1, 0.15) is 39.8 Å². The van der Waals surface area contributed by atoms with E-state index in [0.717, 1.165) is 41.8 Å². The highest BCUT2D eigenvalue weighted by Gasteiger charge is 2.27. The second-order valence-corrected chi connectivity index (χ2v) is 8.56. The number of hydrogen-bond donors (Lipinski definition) is 1. The molecule has 1 fully saturated rings. The van der Waals surface area contributed by atoms with Crippen molar-refractivity contribution in [3.05, 3.63) is 58.6 Å². The van der Waals surface area contributed by atoms with Crippen molar-refractivity contribution >= 4 is 33.1 Å². The maximum atomic E-state index is 12.4. The van der Waals surface area contributed by atoms with Crippen LogP contribution in [0.5, 0.6) is 0 Å². The summed E-state index contributed by atoms with van der Waals surface area (Å²) in [5, 5.41) is 0.882. The maximum absolute atomic E-state index is 12.4. The molecule has 0 radical (unpaired) electrons. The molecule has 0 saturated carbocycles. The third-order valence-electron chi connectivity index (χ3n) is 5.45. The molecule has 2 N–H and O–H groups in total. The molecule has 0 unspecified atom stereocenters. The third-order valence-corrected chi connectivity index (χ3v) is 6.55. The van der Waals surface area contributed by atoms with Crippen LogP contribution in [0, 0.1) is 0 Å². The fourth-order valence-electron chi connectivity index (χ4n) is 3.91. The van der Waals surface area contributed by atoms with Crippen molar-refractivity contribution in [2.75, 3.05) is 32.9 Å². The van der Waals surface area contributed by atoms with Crippen molar-refractivity contribution in [2.45, 2.75) is 25.3 Å². The molecule has 6 heteroatoms. The average Bonchev–Trinajstić information content (AvgIpc) is 3.30. The Morgan fingerprint density at radius 2 is 2.04 bits per heavy atom. The van der Waals surface area contributed by atoms with Gasteiger partial charge in [-0.1, -0.05) is 30.3 Å². The van der Waals surface area contributed by atoms with Crippen molar-refractivity contribution in [1.29, 1.82) is 0 Å². The Hall–Kier alpha value is -2.44. The van der Waals surface area contributed by atoms with Gasteiger partial charge in [-0.05, 0) is 43.5 Å². The second-order valence-electron chi connectivity index (χ2n) is 7.56. The van der Waals surface area contributed by atoms with Crippen LogP contribution in [0.2, 0.25) is 0 Å². The summed E-state index contributed by atoms with van der Waals surface area (Å²) >= 11 is 1.40. The number of hydrogen-bond acceptors (Lipinski definition) is 5. The van der Waals surface area contributed by atoms with Gasteiger partial charge < -0.3 is 10.6 Å². The zero-order valence-electron chi connectivity index (χ0n) is 16.4. The van der Waals surface area contributed by atoms with Crippen LogP contribution in [0.15, 0.2) is 42.5 Å². The number of pyridine rings is 1. The van der Waals surface area contributed by atoms with E-state index in [-0.39, 0.29) is 5.91 Å². The molecule has 4 rings (SSSR count). The van der Waals surface area contributed by atoms with E-state index in [2.05, 4.69) is 41.3 Å². The number of carbonyl (C=O) groups excluding carboxylic acids is 1. The van der Waals surface area contributed by atoms with Crippen LogP contribution < -0.4 is 5.73 Å². The summed E-state index contributed by atoms with van der Waals surface area (Å²) in [6.07, 6.45) is 3.36. The number of thiophene rings is 1. The number of nitrogens with two attached hydrogens (primary N) is 1. The molecule has 0 bridgehead atoms. The maximum Gasteiger partial charge on any atom is 0.265 e. The lowest BCUT2D eigenvalue weighted by atomic mass is 10.1. The Balaban J connectivity index is 1.56. The molecule has 1 aliphatic heterocycles. The largest absolute Gasteiger partial charge is 0.397 e. The van der Waals surface area contributed by atoms with E-state index in [1.807, 2.05) is 6.07 Å². The van der Waals surface area contributed by atoms with Crippen LogP contribution in [0.4, 0.5) is 5.69 Å². The normalized spacial score (nSPS) is 17.3. The van der Waals surface area contributed by atoms with Gasteiger partial charge in [-0.15, -0.1) is 11.3 Å². The van der Waals surface area contributed by atoms with E-state index in [9.17, 15) is 4.79 Å². The monoisotopic (exact) mass is 394 g/mol. The van der Waals surface area contributed by atoms with Gasteiger partial charge in [0.1, 0.15) is 9.71 Å². The molecule has 1 atom stereocenters. The van der Waals surface area contributed by atoms with Gasteiger partial charge in [0.25, 0.3) is 5.91 Å². The number of nitrogens with zero attached hydrogens (tertiary/aromatic N) is 3. The van der Waals surface area contributed by atoms with Crippen LogP contribution in [-0.2, 0) is 6.42 Å². The number of fused-ring (bicyclic) bond motifs is 1. The molecule has 1 amide bonds. The zero-order valence-corrected chi connectivity index (χ0v) is 17.2. The third kappa shape index (κ3) is 3.62. The minimum Gasteiger partial charge on any atom is -0.397 e. The molecule has 0 spiro atoms. The molecule has 1 aromatic carbocycles. The molecule has 2 aromatic heterocycles. The van der Waals surface area contributed by atoms with Crippen molar-refractivity contribution in [3.63, 3.8) is 0 Å². The number of anilines is 1. The summed E-state index contributed by atoms with van der Waals surface area (Å²) in [5.74, 6) is -0.0626. The molecule has 3 aromatic rings. The van der Waals surface area contributed by atoms with Crippen LogP contribution in [-0.4, -0.2) is 47.9 Å². The molecule has 5 nitrogen and oxygen atoms in total. The fraction of sp³-hybridized carbons (Fsp3) is 0.364. The number of aromatic nitrogens is 1. The highest BCUT2D eigenvalue weighted by Crippen LogP contribution is 2.37. The highest BCUT2D eigenvalue weighted by molar-refractivity contribution is 7.21. The second kappa shape index (κ2) is 7.89. The van der Waals surface area contributed by atoms with Crippen LogP contribution >= 0.6 is 11.3 Å². The summed E-state index contributed by atoms with van der Waals surface area (Å²) in [6, 6.07) is 15.1. The Morgan fingerprint density at radius 3 is 2.79 bits per heavy atom. The average molecular weight is 395 g/mol. The van der Waals surface area contributed by atoms with E-state index in [0.29, 0.717) is 16.6 Å². The quantitative estimate of drug-likeness (QED) is 0.711. The predicted molar refractivity (Wildman–Crippen MR) is 116 cm³/mol. The van der Waals surface area contributed by atoms with Gasteiger partial charge in [0, 0.05) is 26.0 Å². The first-order valence-corrected chi connectivity index (χ1v) is 10.5. The summed E-state index contributed by atoms with van der Waals surface area (Å²) in [4.78, 5) is 22.8. The summed E-state index contributed by atoms with van der Waals surface area (Å²) in [5.41, 5.74) is 9.24. The summed E-state index contributed by atoms with van der Waals surface area (Å²) in [6.45, 7) is 2.14. The first-order valence-electron chi connectivity index (χ1n) is 9.73. The molecular weight excluding hydrogens is 368 g/mol. The molecule has 1 saturated heterocycles.